The zero-order valence-corrected chi connectivity index (χ0v) is 15.5. The molecular weight excluding hydrogens is 330 g/mol. The summed E-state index contributed by atoms with van der Waals surface area (Å²) in [6, 6.07) is 7.44. The van der Waals surface area contributed by atoms with Gasteiger partial charge in [0, 0.05) is 18.7 Å². The Balaban J connectivity index is 1.53. The molecule has 2 aliphatic rings. The van der Waals surface area contributed by atoms with Crippen molar-refractivity contribution < 1.29 is 14.4 Å². The summed E-state index contributed by atoms with van der Waals surface area (Å²) in [6.45, 7) is 4.43. The third-order valence-corrected chi connectivity index (χ3v) is 5.64. The number of benzene rings is 1. The predicted octanol–water partition coefficient (Wildman–Crippen LogP) is 3.39. The summed E-state index contributed by atoms with van der Waals surface area (Å²) in [4.78, 5) is 38.0. The molecule has 0 unspecified atom stereocenters. The first-order valence-corrected chi connectivity index (χ1v) is 9.49. The van der Waals surface area contributed by atoms with Gasteiger partial charge in [0.1, 0.15) is 5.54 Å². The van der Waals surface area contributed by atoms with Gasteiger partial charge in [0.25, 0.3) is 5.91 Å². The van der Waals surface area contributed by atoms with Crippen molar-refractivity contribution in [3.05, 3.63) is 29.8 Å². The number of imide groups is 1. The molecule has 0 bridgehead atoms. The highest BCUT2D eigenvalue weighted by molar-refractivity contribution is 6.07. The monoisotopic (exact) mass is 357 g/mol. The molecular formula is C20H27N3O3. The van der Waals surface area contributed by atoms with E-state index in [9.17, 15) is 14.4 Å². The van der Waals surface area contributed by atoms with Gasteiger partial charge < -0.3 is 10.6 Å². The van der Waals surface area contributed by atoms with Crippen LogP contribution in [0.2, 0.25) is 0 Å². The smallest absolute Gasteiger partial charge is 0.325 e. The number of nitrogens with zero attached hydrogens (tertiary/aromatic N) is 1. The fourth-order valence-electron chi connectivity index (χ4n) is 3.76. The van der Waals surface area contributed by atoms with Gasteiger partial charge in [-0.1, -0.05) is 38.8 Å². The first kappa shape index (κ1) is 18.4. The molecule has 1 saturated heterocycles. The maximum absolute atomic E-state index is 12.6. The van der Waals surface area contributed by atoms with Crippen molar-refractivity contribution in [3.8, 4) is 0 Å². The van der Waals surface area contributed by atoms with E-state index in [0.29, 0.717) is 18.8 Å². The van der Waals surface area contributed by atoms with Crippen LogP contribution in [0.4, 0.5) is 10.5 Å². The largest absolute Gasteiger partial charge is 0.326 e. The Morgan fingerprint density at radius 3 is 2.50 bits per heavy atom. The third-order valence-electron chi connectivity index (χ3n) is 5.64. The molecule has 1 aromatic rings. The maximum atomic E-state index is 12.6. The lowest BCUT2D eigenvalue weighted by Gasteiger charge is -2.19. The van der Waals surface area contributed by atoms with Crippen LogP contribution in [0.5, 0.6) is 0 Å². The lowest BCUT2D eigenvalue weighted by atomic mass is 9.98. The van der Waals surface area contributed by atoms with Crippen LogP contribution in [0.3, 0.4) is 0 Å². The van der Waals surface area contributed by atoms with E-state index >= 15 is 0 Å². The summed E-state index contributed by atoms with van der Waals surface area (Å²) >= 11 is 0. The van der Waals surface area contributed by atoms with Gasteiger partial charge in [-0.15, -0.1) is 0 Å². The Bertz CT molecular complexity index is 693. The molecule has 26 heavy (non-hydrogen) atoms. The van der Waals surface area contributed by atoms with Crippen molar-refractivity contribution in [1.29, 1.82) is 0 Å². The van der Waals surface area contributed by atoms with Crippen molar-refractivity contribution in [1.82, 2.24) is 10.2 Å². The SMILES string of the molecule is CC[C@H](C)c1ccc(NC(=O)CCN2C(=O)NC3(CCCC3)C2=O)cc1. The number of hydrogen-bond donors (Lipinski definition) is 2. The summed E-state index contributed by atoms with van der Waals surface area (Å²) in [5.74, 6) is 0.113. The number of carbonyl (C=O) groups is 3. The number of carbonyl (C=O) groups excluding carboxylic acids is 3. The molecule has 3 rings (SSSR count). The fraction of sp³-hybridized carbons (Fsp3) is 0.550. The number of hydrogen-bond acceptors (Lipinski definition) is 3. The minimum atomic E-state index is -0.709. The van der Waals surface area contributed by atoms with Crippen LogP contribution in [0, 0.1) is 0 Å². The molecule has 2 fully saturated rings. The fourth-order valence-corrected chi connectivity index (χ4v) is 3.76. The van der Waals surface area contributed by atoms with Gasteiger partial charge in [0.05, 0.1) is 0 Å². The van der Waals surface area contributed by atoms with E-state index in [1.54, 1.807) is 0 Å². The van der Waals surface area contributed by atoms with E-state index < -0.39 is 5.54 Å². The van der Waals surface area contributed by atoms with Crippen LogP contribution < -0.4 is 10.6 Å². The Kier molecular flexibility index (Phi) is 5.30. The number of rotatable bonds is 6. The van der Waals surface area contributed by atoms with Crippen LogP contribution in [0.25, 0.3) is 0 Å². The number of anilines is 1. The van der Waals surface area contributed by atoms with Crippen molar-refractivity contribution >= 4 is 23.5 Å². The topological polar surface area (TPSA) is 78.5 Å². The second-order valence-electron chi connectivity index (χ2n) is 7.41. The highest BCUT2D eigenvalue weighted by Gasteiger charge is 2.52. The second-order valence-corrected chi connectivity index (χ2v) is 7.41. The minimum Gasteiger partial charge on any atom is -0.326 e. The summed E-state index contributed by atoms with van der Waals surface area (Å²) in [5, 5.41) is 5.66. The van der Waals surface area contributed by atoms with E-state index in [1.807, 2.05) is 24.3 Å². The Hall–Kier alpha value is -2.37. The van der Waals surface area contributed by atoms with E-state index in [2.05, 4.69) is 24.5 Å². The molecule has 4 amide bonds. The zero-order chi connectivity index (χ0) is 18.7. The van der Waals surface area contributed by atoms with Gasteiger partial charge in [-0.25, -0.2) is 4.79 Å². The molecule has 1 aromatic carbocycles. The number of nitrogens with one attached hydrogen (secondary N) is 2. The van der Waals surface area contributed by atoms with Gasteiger partial charge in [-0.3, -0.25) is 14.5 Å². The average Bonchev–Trinajstić information content (AvgIpc) is 3.19. The van der Waals surface area contributed by atoms with Gasteiger partial charge in [-0.05, 0) is 42.9 Å². The Morgan fingerprint density at radius 2 is 1.88 bits per heavy atom. The minimum absolute atomic E-state index is 0.0996. The van der Waals surface area contributed by atoms with Gasteiger partial charge in [-0.2, -0.15) is 0 Å². The summed E-state index contributed by atoms with van der Waals surface area (Å²) in [5.41, 5.74) is 1.26. The lowest BCUT2D eigenvalue weighted by Crippen LogP contribution is -2.44. The normalized spacial score (nSPS) is 19.7. The molecule has 1 aliphatic heterocycles. The molecule has 1 saturated carbocycles. The van der Waals surface area contributed by atoms with Crippen LogP contribution in [-0.4, -0.2) is 34.8 Å². The van der Waals surface area contributed by atoms with Crippen molar-refractivity contribution in [3.63, 3.8) is 0 Å². The van der Waals surface area contributed by atoms with Crippen LogP contribution in [-0.2, 0) is 9.59 Å². The van der Waals surface area contributed by atoms with Gasteiger partial charge in [0.2, 0.25) is 5.91 Å². The molecule has 1 atom stereocenters. The molecule has 6 heteroatoms. The molecule has 1 heterocycles. The van der Waals surface area contributed by atoms with E-state index in [1.165, 1.54) is 10.5 Å². The number of urea groups is 1. The summed E-state index contributed by atoms with van der Waals surface area (Å²) in [6.07, 6.45) is 4.47. The summed E-state index contributed by atoms with van der Waals surface area (Å²) in [7, 11) is 0. The van der Waals surface area contributed by atoms with Crippen LogP contribution in [0.1, 0.15) is 63.9 Å². The van der Waals surface area contributed by atoms with Crippen molar-refractivity contribution in [2.75, 3.05) is 11.9 Å². The van der Waals surface area contributed by atoms with Crippen LogP contribution in [0.15, 0.2) is 24.3 Å². The Labute approximate surface area is 154 Å². The first-order valence-electron chi connectivity index (χ1n) is 9.49. The highest BCUT2D eigenvalue weighted by atomic mass is 16.2. The lowest BCUT2D eigenvalue weighted by molar-refractivity contribution is -0.131. The van der Waals surface area contributed by atoms with E-state index in [-0.39, 0.29) is 30.8 Å². The molecule has 0 aromatic heterocycles. The average molecular weight is 357 g/mol. The van der Waals surface area contributed by atoms with Crippen molar-refractivity contribution in [2.45, 2.75) is 63.8 Å². The van der Waals surface area contributed by atoms with Crippen molar-refractivity contribution in [2.24, 2.45) is 0 Å². The molecule has 6 nitrogen and oxygen atoms in total. The van der Waals surface area contributed by atoms with Gasteiger partial charge >= 0.3 is 6.03 Å². The van der Waals surface area contributed by atoms with E-state index in [4.69, 9.17) is 0 Å². The van der Waals surface area contributed by atoms with Gasteiger partial charge in [0.15, 0.2) is 0 Å². The predicted molar refractivity (Wildman–Crippen MR) is 99.8 cm³/mol. The molecule has 1 aliphatic carbocycles. The first-order chi connectivity index (χ1) is 12.4. The highest BCUT2D eigenvalue weighted by Crippen LogP contribution is 2.35. The Morgan fingerprint density at radius 1 is 1.23 bits per heavy atom. The second kappa shape index (κ2) is 7.48. The quantitative estimate of drug-likeness (QED) is 0.766. The molecule has 0 radical (unpaired) electrons. The third kappa shape index (κ3) is 3.59. The molecule has 140 valence electrons. The van der Waals surface area contributed by atoms with Crippen LogP contribution >= 0.6 is 0 Å². The zero-order valence-electron chi connectivity index (χ0n) is 15.5. The standard InChI is InChI=1S/C20H27N3O3/c1-3-14(2)15-6-8-16(9-7-15)21-17(24)10-13-23-18(25)20(22-19(23)26)11-4-5-12-20/h6-9,14H,3-5,10-13H2,1-2H3,(H,21,24)(H,22,26)/t14-/m0/s1. The maximum Gasteiger partial charge on any atom is 0.325 e. The number of amides is 4. The van der Waals surface area contributed by atoms with E-state index in [0.717, 1.165) is 24.9 Å². The summed E-state index contributed by atoms with van der Waals surface area (Å²) < 4.78 is 0. The molecule has 1 spiro atoms. The molecule has 2 N–H and O–H groups in total.